The lowest BCUT2D eigenvalue weighted by molar-refractivity contribution is -0.115. The van der Waals surface area contributed by atoms with Gasteiger partial charge in [0.25, 0.3) is 0 Å². The van der Waals surface area contributed by atoms with E-state index in [0.29, 0.717) is 21.7 Å². The molecule has 1 aromatic heterocycles. The van der Waals surface area contributed by atoms with Gasteiger partial charge in [0.2, 0.25) is 11.1 Å². The van der Waals surface area contributed by atoms with Crippen LogP contribution in [0.5, 0.6) is 0 Å². The van der Waals surface area contributed by atoms with Gasteiger partial charge in [-0.1, -0.05) is 50.2 Å². The SMILES string of the molecule is CC(Sc1nnc(C(C)(C)C)n1N)C(=O)Nc1cccc(Cl)c1. The van der Waals surface area contributed by atoms with Gasteiger partial charge in [-0.25, -0.2) is 4.68 Å². The van der Waals surface area contributed by atoms with E-state index in [0.717, 1.165) is 0 Å². The molecule has 0 bridgehead atoms. The zero-order chi connectivity index (χ0) is 17.2. The molecule has 0 fully saturated rings. The van der Waals surface area contributed by atoms with Crippen molar-refractivity contribution in [2.24, 2.45) is 0 Å². The molecule has 6 nitrogen and oxygen atoms in total. The van der Waals surface area contributed by atoms with Crippen LogP contribution in [-0.4, -0.2) is 26.0 Å². The molecule has 0 radical (unpaired) electrons. The van der Waals surface area contributed by atoms with Crippen LogP contribution >= 0.6 is 23.4 Å². The molecule has 0 aliphatic carbocycles. The molecular weight excluding hydrogens is 334 g/mol. The fourth-order valence-corrected chi connectivity index (χ4v) is 2.85. The molecule has 0 spiro atoms. The minimum Gasteiger partial charge on any atom is -0.336 e. The maximum absolute atomic E-state index is 12.3. The number of nitrogens with two attached hydrogens (primary N) is 1. The number of nitrogens with one attached hydrogen (secondary N) is 1. The molecule has 2 rings (SSSR count). The van der Waals surface area contributed by atoms with Gasteiger partial charge >= 0.3 is 0 Å². The Kier molecular flexibility index (Phi) is 5.21. The molecule has 0 saturated heterocycles. The Morgan fingerprint density at radius 3 is 2.65 bits per heavy atom. The van der Waals surface area contributed by atoms with Crippen LogP contribution in [0.4, 0.5) is 5.69 Å². The van der Waals surface area contributed by atoms with Crippen LogP contribution in [0, 0.1) is 0 Å². The van der Waals surface area contributed by atoms with Crippen LogP contribution in [0.2, 0.25) is 5.02 Å². The van der Waals surface area contributed by atoms with Crippen molar-refractivity contribution < 1.29 is 4.79 Å². The molecule has 124 valence electrons. The van der Waals surface area contributed by atoms with E-state index in [1.807, 2.05) is 20.8 Å². The molecule has 0 aliphatic rings. The van der Waals surface area contributed by atoms with Crippen molar-refractivity contribution in [3.63, 3.8) is 0 Å². The maximum atomic E-state index is 12.3. The van der Waals surface area contributed by atoms with Gasteiger partial charge < -0.3 is 11.2 Å². The number of hydrogen-bond acceptors (Lipinski definition) is 5. The van der Waals surface area contributed by atoms with E-state index in [2.05, 4.69) is 15.5 Å². The van der Waals surface area contributed by atoms with Crippen molar-refractivity contribution in [2.45, 2.75) is 43.5 Å². The standard InChI is InChI=1S/C15H20ClN5OS/c1-9(12(22)18-11-7-5-6-10(16)8-11)23-14-20-19-13(21(14)17)15(2,3)4/h5-9H,17H2,1-4H3,(H,18,22). The Balaban J connectivity index is 2.06. The summed E-state index contributed by atoms with van der Waals surface area (Å²) in [7, 11) is 0. The molecule has 3 N–H and O–H groups in total. The second kappa shape index (κ2) is 6.80. The van der Waals surface area contributed by atoms with Gasteiger partial charge in [-0.3, -0.25) is 4.79 Å². The third-order valence-corrected chi connectivity index (χ3v) is 4.37. The average Bonchev–Trinajstić information content (AvgIpc) is 2.80. The minimum atomic E-state index is -0.381. The van der Waals surface area contributed by atoms with E-state index in [4.69, 9.17) is 17.4 Å². The Bertz CT molecular complexity index is 710. The van der Waals surface area contributed by atoms with E-state index >= 15 is 0 Å². The largest absolute Gasteiger partial charge is 0.336 e. The summed E-state index contributed by atoms with van der Waals surface area (Å²) in [4.78, 5) is 12.3. The zero-order valence-corrected chi connectivity index (χ0v) is 15.1. The van der Waals surface area contributed by atoms with Gasteiger partial charge in [0.15, 0.2) is 5.82 Å². The Morgan fingerprint density at radius 2 is 2.09 bits per heavy atom. The molecule has 23 heavy (non-hydrogen) atoms. The Labute approximate surface area is 144 Å². The third kappa shape index (κ3) is 4.39. The number of anilines is 1. The quantitative estimate of drug-likeness (QED) is 0.651. The fraction of sp³-hybridized carbons (Fsp3) is 0.400. The topological polar surface area (TPSA) is 85.8 Å². The fourth-order valence-electron chi connectivity index (χ4n) is 1.89. The predicted octanol–water partition coefficient (Wildman–Crippen LogP) is 3.06. The molecule has 0 saturated carbocycles. The molecule has 1 heterocycles. The molecule has 1 unspecified atom stereocenters. The van der Waals surface area contributed by atoms with Gasteiger partial charge in [0.1, 0.15) is 0 Å². The molecule has 1 atom stereocenters. The summed E-state index contributed by atoms with van der Waals surface area (Å²) in [5.41, 5.74) is 0.437. The van der Waals surface area contributed by atoms with Crippen molar-refractivity contribution in [1.29, 1.82) is 0 Å². The van der Waals surface area contributed by atoms with Gasteiger partial charge in [0, 0.05) is 16.1 Å². The monoisotopic (exact) mass is 353 g/mol. The highest BCUT2D eigenvalue weighted by molar-refractivity contribution is 8.00. The third-order valence-electron chi connectivity index (χ3n) is 3.08. The number of amides is 1. The molecular formula is C15H20ClN5OS. The summed E-state index contributed by atoms with van der Waals surface area (Å²) in [5, 5.41) is 11.7. The first-order valence-corrected chi connectivity index (χ1v) is 8.38. The molecule has 1 amide bonds. The van der Waals surface area contributed by atoms with Crippen molar-refractivity contribution >= 4 is 35.0 Å². The molecule has 8 heteroatoms. The van der Waals surface area contributed by atoms with Crippen molar-refractivity contribution in [2.75, 3.05) is 11.2 Å². The summed E-state index contributed by atoms with van der Waals surface area (Å²) >= 11 is 7.17. The van der Waals surface area contributed by atoms with Crippen LogP contribution in [0.15, 0.2) is 29.4 Å². The first-order valence-electron chi connectivity index (χ1n) is 7.12. The van der Waals surface area contributed by atoms with E-state index < -0.39 is 0 Å². The van der Waals surface area contributed by atoms with Crippen molar-refractivity contribution in [1.82, 2.24) is 14.9 Å². The van der Waals surface area contributed by atoms with E-state index in [1.165, 1.54) is 16.4 Å². The van der Waals surface area contributed by atoms with Crippen LogP contribution < -0.4 is 11.2 Å². The average molecular weight is 354 g/mol. The number of thioether (sulfide) groups is 1. The number of aromatic nitrogens is 3. The van der Waals surface area contributed by atoms with Gasteiger partial charge in [-0.2, -0.15) is 0 Å². The van der Waals surface area contributed by atoms with Gasteiger partial charge in [0.05, 0.1) is 5.25 Å². The smallest absolute Gasteiger partial charge is 0.237 e. The number of rotatable bonds is 4. The normalized spacial score (nSPS) is 12.9. The first-order chi connectivity index (χ1) is 10.7. The lowest BCUT2D eigenvalue weighted by Gasteiger charge is -2.17. The lowest BCUT2D eigenvalue weighted by Crippen LogP contribution is -2.26. The van der Waals surface area contributed by atoms with Crippen molar-refractivity contribution in [3.8, 4) is 0 Å². The summed E-state index contributed by atoms with van der Waals surface area (Å²) in [6.45, 7) is 7.80. The first kappa shape index (κ1) is 17.6. The van der Waals surface area contributed by atoms with Crippen molar-refractivity contribution in [3.05, 3.63) is 35.1 Å². The van der Waals surface area contributed by atoms with Crippen LogP contribution in [0.3, 0.4) is 0 Å². The Morgan fingerprint density at radius 1 is 1.39 bits per heavy atom. The zero-order valence-electron chi connectivity index (χ0n) is 13.5. The van der Waals surface area contributed by atoms with Crippen LogP contribution in [0.1, 0.15) is 33.5 Å². The number of halogens is 1. The number of carbonyl (C=O) groups excluding carboxylic acids is 1. The Hall–Kier alpha value is -1.73. The summed E-state index contributed by atoms with van der Waals surface area (Å²) in [5.74, 6) is 6.55. The maximum Gasteiger partial charge on any atom is 0.237 e. The lowest BCUT2D eigenvalue weighted by atomic mass is 9.96. The van der Waals surface area contributed by atoms with E-state index in [1.54, 1.807) is 31.2 Å². The van der Waals surface area contributed by atoms with Crippen LogP contribution in [-0.2, 0) is 10.2 Å². The highest BCUT2D eigenvalue weighted by Crippen LogP contribution is 2.26. The number of carbonyl (C=O) groups is 1. The van der Waals surface area contributed by atoms with Gasteiger partial charge in [-0.15, -0.1) is 10.2 Å². The van der Waals surface area contributed by atoms with E-state index in [-0.39, 0.29) is 16.6 Å². The molecule has 0 aliphatic heterocycles. The second-order valence-electron chi connectivity index (χ2n) is 6.19. The predicted molar refractivity (Wildman–Crippen MR) is 94.3 cm³/mol. The minimum absolute atomic E-state index is 0.155. The number of hydrogen-bond donors (Lipinski definition) is 2. The number of nitrogens with zero attached hydrogens (tertiary/aromatic N) is 3. The summed E-state index contributed by atoms with van der Waals surface area (Å²) in [6.07, 6.45) is 0. The van der Waals surface area contributed by atoms with E-state index in [9.17, 15) is 4.79 Å². The molecule has 2 aromatic rings. The summed E-state index contributed by atoms with van der Waals surface area (Å²) in [6, 6.07) is 7.01. The second-order valence-corrected chi connectivity index (χ2v) is 7.93. The van der Waals surface area contributed by atoms with Gasteiger partial charge in [-0.05, 0) is 25.1 Å². The summed E-state index contributed by atoms with van der Waals surface area (Å²) < 4.78 is 1.44. The molecule has 1 aromatic carbocycles. The highest BCUT2D eigenvalue weighted by Gasteiger charge is 2.25. The van der Waals surface area contributed by atoms with Crippen LogP contribution in [0.25, 0.3) is 0 Å². The highest BCUT2D eigenvalue weighted by atomic mass is 35.5. The number of nitrogen functional groups attached to an aromatic ring is 1. The number of benzene rings is 1.